The number of carbonyl (C=O) groups excluding carboxylic acids is 1. The molecule has 0 spiro atoms. The fourth-order valence-electron chi connectivity index (χ4n) is 1.96. The van der Waals surface area contributed by atoms with Crippen molar-refractivity contribution in [1.29, 1.82) is 0 Å². The van der Waals surface area contributed by atoms with Crippen molar-refractivity contribution in [2.45, 2.75) is 6.92 Å². The van der Waals surface area contributed by atoms with Gasteiger partial charge < -0.3 is 10.1 Å². The average Bonchev–Trinajstić information content (AvgIpc) is 2.55. The minimum atomic E-state index is -0.470. The van der Waals surface area contributed by atoms with Crippen LogP contribution < -0.4 is 10.1 Å². The summed E-state index contributed by atoms with van der Waals surface area (Å²) in [6.07, 6.45) is 3.08. The molecule has 0 bridgehead atoms. The number of hydrogen-bond acceptors (Lipinski definition) is 4. The third-order valence-corrected chi connectivity index (χ3v) is 3.22. The fourth-order valence-corrected chi connectivity index (χ4v) is 1.96. The maximum Gasteiger partial charge on any atom is 0.269 e. The topological polar surface area (TPSA) is 81.5 Å². The van der Waals surface area contributed by atoms with Gasteiger partial charge >= 0.3 is 0 Å². The van der Waals surface area contributed by atoms with Crippen LogP contribution in [0.25, 0.3) is 6.08 Å². The highest BCUT2D eigenvalue weighted by Crippen LogP contribution is 2.21. The van der Waals surface area contributed by atoms with Gasteiger partial charge in [0.15, 0.2) is 0 Å². The molecule has 23 heavy (non-hydrogen) atoms. The number of anilines is 1. The molecule has 0 saturated carbocycles. The number of rotatable bonds is 5. The van der Waals surface area contributed by atoms with Gasteiger partial charge in [-0.1, -0.05) is 12.1 Å². The van der Waals surface area contributed by atoms with E-state index in [1.807, 2.05) is 12.1 Å². The second-order valence-corrected chi connectivity index (χ2v) is 4.85. The molecular formula is C17H16N2O4. The molecule has 0 aliphatic heterocycles. The lowest BCUT2D eigenvalue weighted by molar-refractivity contribution is -0.384. The Kier molecular flexibility index (Phi) is 5.09. The van der Waals surface area contributed by atoms with Gasteiger partial charge in [-0.05, 0) is 42.3 Å². The second-order valence-electron chi connectivity index (χ2n) is 4.85. The minimum absolute atomic E-state index is 0.00530. The molecule has 0 heterocycles. The van der Waals surface area contributed by atoms with Crippen LogP contribution in [0.4, 0.5) is 11.4 Å². The summed E-state index contributed by atoms with van der Waals surface area (Å²) < 4.78 is 5.06. The Morgan fingerprint density at radius 3 is 2.48 bits per heavy atom. The number of nitrogens with one attached hydrogen (secondary N) is 1. The van der Waals surface area contributed by atoms with Crippen molar-refractivity contribution < 1.29 is 14.5 Å². The fraction of sp³-hybridized carbons (Fsp3) is 0.118. The van der Waals surface area contributed by atoms with Crippen LogP contribution in [-0.4, -0.2) is 17.9 Å². The van der Waals surface area contributed by atoms with Gasteiger partial charge in [0, 0.05) is 23.9 Å². The molecule has 1 N–H and O–H groups in total. The zero-order valence-corrected chi connectivity index (χ0v) is 12.8. The van der Waals surface area contributed by atoms with Crippen LogP contribution in [0.2, 0.25) is 0 Å². The number of nitrogens with zero attached hydrogens (tertiary/aromatic N) is 1. The van der Waals surface area contributed by atoms with Crippen molar-refractivity contribution >= 4 is 23.4 Å². The number of nitro benzene ring substituents is 1. The van der Waals surface area contributed by atoms with Crippen molar-refractivity contribution in [1.82, 2.24) is 0 Å². The molecule has 0 aliphatic rings. The normalized spacial score (nSPS) is 10.5. The monoisotopic (exact) mass is 312 g/mol. The smallest absolute Gasteiger partial charge is 0.269 e. The number of carbonyl (C=O) groups is 1. The van der Waals surface area contributed by atoms with Gasteiger partial charge in [-0.25, -0.2) is 0 Å². The lowest BCUT2D eigenvalue weighted by Gasteiger charge is -2.06. The van der Waals surface area contributed by atoms with E-state index in [2.05, 4.69) is 5.32 Å². The molecule has 2 aromatic rings. The number of hydrogen-bond donors (Lipinski definition) is 1. The number of nitro groups is 1. The standard InChI is InChI=1S/C17H16N2O4/c1-12-11-14(19(21)22)6-9-16(12)18-17(20)10-5-13-3-7-15(23-2)8-4-13/h3-11H,1-2H3,(H,18,20). The number of methoxy groups -OCH3 is 1. The highest BCUT2D eigenvalue weighted by molar-refractivity contribution is 6.02. The lowest BCUT2D eigenvalue weighted by atomic mass is 10.1. The predicted octanol–water partition coefficient (Wildman–Crippen LogP) is 3.56. The maximum atomic E-state index is 11.9. The summed E-state index contributed by atoms with van der Waals surface area (Å²) in [6.45, 7) is 1.70. The molecular weight excluding hydrogens is 296 g/mol. The number of aryl methyl sites for hydroxylation is 1. The molecule has 0 aliphatic carbocycles. The van der Waals surface area contributed by atoms with E-state index in [0.717, 1.165) is 11.3 Å². The van der Waals surface area contributed by atoms with Crippen molar-refractivity contribution in [3.8, 4) is 5.75 Å². The van der Waals surface area contributed by atoms with E-state index < -0.39 is 4.92 Å². The summed E-state index contributed by atoms with van der Waals surface area (Å²) in [5.41, 5.74) is 2.03. The first-order valence-electron chi connectivity index (χ1n) is 6.88. The largest absolute Gasteiger partial charge is 0.497 e. The quantitative estimate of drug-likeness (QED) is 0.520. The second kappa shape index (κ2) is 7.22. The van der Waals surface area contributed by atoms with Crippen LogP contribution in [0.5, 0.6) is 5.75 Å². The number of amides is 1. The first kappa shape index (κ1) is 16.2. The minimum Gasteiger partial charge on any atom is -0.497 e. The van der Waals surface area contributed by atoms with Gasteiger partial charge in [-0.3, -0.25) is 14.9 Å². The third kappa shape index (κ3) is 4.41. The van der Waals surface area contributed by atoms with Crippen molar-refractivity contribution in [3.63, 3.8) is 0 Å². The van der Waals surface area contributed by atoms with Crippen LogP contribution in [0.15, 0.2) is 48.5 Å². The molecule has 0 aromatic heterocycles. The summed E-state index contributed by atoms with van der Waals surface area (Å²) >= 11 is 0. The molecule has 2 rings (SSSR count). The summed E-state index contributed by atoms with van der Waals surface area (Å²) in [5, 5.41) is 13.4. The van der Waals surface area contributed by atoms with E-state index in [1.165, 1.54) is 24.3 Å². The summed E-state index contributed by atoms with van der Waals surface area (Å²) in [6, 6.07) is 11.6. The van der Waals surface area contributed by atoms with Gasteiger partial charge in [-0.15, -0.1) is 0 Å². The van der Waals surface area contributed by atoms with Crippen molar-refractivity contribution in [3.05, 3.63) is 69.8 Å². The molecule has 6 heteroatoms. The zero-order chi connectivity index (χ0) is 16.8. The summed E-state index contributed by atoms with van der Waals surface area (Å²) in [4.78, 5) is 22.1. The maximum absolute atomic E-state index is 11.9. The Hall–Kier alpha value is -3.15. The molecule has 2 aromatic carbocycles. The van der Waals surface area contributed by atoms with Gasteiger partial charge in [0.2, 0.25) is 5.91 Å². The molecule has 6 nitrogen and oxygen atoms in total. The SMILES string of the molecule is COc1ccc(C=CC(=O)Nc2ccc([N+](=O)[O-])cc2C)cc1. The van der Waals surface area contributed by atoms with Crippen LogP contribution in [0.1, 0.15) is 11.1 Å². The van der Waals surface area contributed by atoms with E-state index in [9.17, 15) is 14.9 Å². The number of benzene rings is 2. The van der Waals surface area contributed by atoms with E-state index >= 15 is 0 Å². The highest BCUT2D eigenvalue weighted by Gasteiger charge is 2.09. The number of ether oxygens (including phenoxy) is 1. The average molecular weight is 312 g/mol. The molecule has 0 saturated heterocycles. The van der Waals surface area contributed by atoms with Gasteiger partial charge in [0.25, 0.3) is 5.69 Å². The van der Waals surface area contributed by atoms with E-state index in [1.54, 1.807) is 32.2 Å². The van der Waals surface area contributed by atoms with Crippen molar-refractivity contribution in [2.24, 2.45) is 0 Å². The Bertz CT molecular complexity index is 752. The molecule has 0 fully saturated rings. The van der Waals surface area contributed by atoms with Gasteiger partial charge in [0.05, 0.1) is 12.0 Å². The Labute approximate surface area is 133 Å². The van der Waals surface area contributed by atoms with E-state index in [0.29, 0.717) is 11.3 Å². The first-order chi connectivity index (χ1) is 11.0. The Morgan fingerprint density at radius 1 is 1.22 bits per heavy atom. The first-order valence-corrected chi connectivity index (χ1v) is 6.88. The molecule has 1 amide bonds. The number of non-ortho nitro benzene ring substituents is 1. The van der Waals surface area contributed by atoms with Crippen LogP contribution in [0, 0.1) is 17.0 Å². The van der Waals surface area contributed by atoms with E-state index in [4.69, 9.17) is 4.74 Å². The van der Waals surface area contributed by atoms with Gasteiger partial charge in [-0.2, -0.15) is 0 Å². The molecule has 0 radical (unpaired) electrons. The third-order valence-electron chi connectivity index (χ3n) is 3.22. The van der Waals surface area contributed by atoms with Crippen LogP contribution >= 0.6 is 0 Å². The van der Waals surface area contributed by atoms with E-state index in [-0.39, 0.29) is 11.6 Å². The zero-order valence-electron chi connectivity index (χ0n) is 12.8. The van der Waals surface area contributed by atoms with Crippen molar-refractivity contribution in [2.75, 3.05) is 12.4 Å². The molecule has 0 atom stereocenters. The molecule has 0 unspecified atom stereocenters. The lowest BCUT2D eigenvalue weighted by Crippen LogP contribution is -2.09. The van der Waals surface area contributed by atoms with Crippen LogP contribution in [-0.2, 0) is 4.79 Å². The summed E-state index contributed by atoms with van der Waals surface area (Å²) in [5.74, 6) is 0.436. The Balaban J connectivity index is 2.04. The highest BCUT2D eigenvalue weighted by atomic mass is 16.6. The summed E-state index contributed by atoms with van der Waals surface area (Å²) in [7, 11) is 1.59. The predicted molar refractivity (Wildman–Crippen MR) is 88.5 cm³/mol. The molecule has 118 valence electrons. The van der Waals surface area contributed by atoms with Gasteiger partial charge in [0.1, 0.15) is 5.75 Å². The van der Waals surface area contributed by atoms with Crippen LogP contribution in [0.3, 0.4) is 0 Å². The Morgan fingerprint density at radius 2 is 1.91 bits per heavy atom.